The van der Waals surface area contributed by atoms with Gasteiger partial charge in [-0.15, -0.1) is 23.7 Å². The maximum atomic E-state index is 12.1. The Labute approximate surface area is 137 Å². The fourth-order valence-corrected chi connectivity index (χ4v) is 4.33. The van der Waals surface area contributed by atoms with E-state index in [1.54, 1.807) is 11.3 Å². The Hall–Kier alpha value is 0.250. The second kappa shape index (κ2) is 8.52. The van der Waals surface area contributed by atoms with Gasteiger partial charge in [0.25, 0.3) is 0 Å². The van der Waals surface area contributed by atoms with Crippen LogP contribution in [0.4, 0.5) is 0 Å². The molecule has 0 spiro atoms. The molecule has 1 unspecified atom stereocenters. The molecule has 2 rings (SSSR count). The van der Waals surface area contributed by atoms with Crippen molar-refractivity contribution in [1.82, 2.24) is 10.2 Å². The van der Waals surface area contributed by atoms with Gasteiger partial charge in [0.2, 0.25) is 5.91 Å². The number of hydrogen-bond donors (Lipinski definition) is 1. The van der Waals surface area contributed by atoms with Crippen molar-refractivity contribution in [2.45, 2.75) is 19.0 Å². The molecule has 1 saturated heterocycles. The van der Waals surface area contributed by atoms with Crippen molar-refractivity contribution in [3.63, 3.8) is 0 Å². The number of carbonyl (C=O) groups excluding carboxylic acids is 1. The van der Waals surface area contributed by atoms with E-state index in [1.165, 1.54) is 4.88 Å². The smallest absolute Gasteiger partial charge is 0.224 e. The maximum Gasteiger partial charge on any atom is 0.224 e. The molecule has 0 aliphatic carbocycles. The summed E-state index contributed by atoms with van der Waals surface area (Å²) in [7, 11) is 1.88. The summed E-state index contributed by atoms with van der Waals surface area (Å²) in [4.78, 5) is 15.1. The van der Waals surface area contributed by atoms with Crippen LogP contribution >= 0.6 is 51.4 Å². The third kappa shape index (κ3) is 5.63. The Balaban J connectivity index is 0.00000180. The van der Waals surface area contributed by atoms with Gasteiger partial charge in [0.15, 0.2) is 0 Å². The number of thioether (sulfide) groups is 1. The van der Waals surface area contributed by atoms with Gasteiger partial charge in [0.1, 0.15) is 0 Å². The first-order chi connectivity index (χ1) is 8.65. The molecule has 7 heteroatoms. The fraction of sp³-hybridized carbons (Fsp3) is 0.583. The topological polar surface area (TPSA) is 32.3 Å². The molecule has 0 radical (unpaired) electrons. The molecule has 0 saturated carbocycles. The van der Waals surface area contributed by atoms with Gasteiger partial charge in [0, 0.05) is 52.3 Å². The van der Waals surface area contributed by atoms with Gasteiger partial charge >= 0.3 is 0 Å². The highest BCUT2D eigenvalue weighted by Gasteiger charge is 2.19. The molecular formula is C12H18BrClN2OS2. The molecule has 1 fully saturated rings. The van der Waals surface area contributed by atoms with E-state index in [4.69, 9.17) is 0 Å². The first-order valence-electron chi connectivity index (χ1n) is 5.93. The van der Waals surface area contributed by atoms with Crippen molar-refractivity contribution in [1.29, 1.82) is 0 Å². The van der Waals surface area contributed by atoms with Crippen molar-refractivity contribution in [2.24, 2.45) is 0 Å². The summed E-state index contributed by atoms with van der Waals surface area (Å²) < 4.78 is 1.09. The lowest BCUT2D eigenvalue weighted by atomic mass is 10.2. The Bertz CT molecular complexity index is 410. The summed E-state index contributed by atoms with van der Waals surface area (Å²) >= 11 is 7.04. The summed E-state index contributed by atoms with van der Waals surface area (Å²) in [6.07, 6.45) is 0.607. The first-order valence-corrected chi connectivity index (χ1v) is 8.76. The van der Waals surface area contributed by atoms with Gasteiger partial charge in [0.05, 0.1) is 6.54 Å². The highest BCUT2D eigenvalue weighted by atomic mass is 79.9. The molecule has 1 aliphatic heterocycles. The molecule has 1 aliphatic rings. The zero-order chi connectivity index (χ0) is 13.0. The second-order valence-corrected chi connectivity index (χ2v) is 7.47. The van der Waals surface area contributed by atoms with Crippen LogP contribution in [-0.2, 0) is 11.3 Å². The SMILES string of the molecule is CN(Cc1cc(Br)cs1)C(=O)CC1CSCCN1.Cl. The van der Waals surface area contributed by atoms with Gasteiger partial charge in [-0.05, 0) is 22.0 Å². The van der Waals surface area contributed by atoms with E-state index in [2.05, 4.69) is 27.3 Å². The third-order valence-electron chi connectivity index (χ3n) is 2.86. The molecule has 1 aromatic heterocycles. The van der Waals surface area contributed by atoms with E-state index in [0.29, 0.717) is 19.0 Å². The summed E-state index contributed by atoms with van der Waals surface area (Å²) in [6, 6.07) is 2.41. The normalized spacial score (nSPS) is 18.7. The monoisotopic (exact) mass is 384 g/mol. The largest absolute Gasteiger partial charge is 0.341 e. The van der Waals surface area contributed by atoms with E-state index < -0.39 is 0 Å². The summed E-state index contributed by atoms with van der Waals surface area (Å²) in [5.74, 6) is 2.42. The molecule has 1 amide bonds. The van der Waals surface area contributed by atoms with Gasteiger partial charge in [-0.2, -0.15) is 11.8 Å². The van der Waals surface area contributed by atoms with Crippen LogP contribution in [0.1, 0.15) is 11.3 Å². The maximum absolute atomic E-state index is 12.1. The molecular weight excluding hydrogens is 368 g/mol. The minimum atomic E-state index is 0. The Morgan fingerprint density at radius 1 is 1.63 bits per heavy atom. The second-order valence-electron chi connectivity index (χ2n) is 4.41. The molecule has 1 N–H and O–H groups in total. The van der Waals surface area contributed by atoms with E-state index in [9.17, 15) is 4.79 Å². The highest BCUT2D eigenvalue weighted by molar-refractivity contribution is 9.10. The molecule has 1 atom stereocenters. The van der Waals surface area contributed by atoms with E-state index in [0.717, 1.165) is 22.5 Å². The Morgan fingerprint density at radius 3 is 3.00 bits per heavy atom. The third-order valence-corrected chi connectivity index (χ3v) is 5.67. The average Bonchev–Trinajstić information content (AvgIpc) is 2.76. The standard InChI is InChI=1S/C12H17BrN2OS2.ClH/c1-15(6-11-4-9(13)7-18-11)12(16)5-10-8-17-3-2-14-10;/h4,7,10,14H,2-3,5-6,8H2,1H3;1H. The molecule has 108 valence electrons. The van der Waals surface area contributed by atoms with Gasteiger partial charge in [-0.3, -0.25) is 4.79 Å². The van der Waals surface area contributed by atoms with E-state index in [1.807, 2.05) is 29.1 Å². The van der Waals surface area contributed by atoms with Gasteiger partial charge in [-0.25, -0.2) is 0 Å². The number of halogens is 2. The summed E-state index contributed by atoms with van der Waals surface area (Å²) in [5.41, 5.74) is 0. The zero-order valence-corrected chi connectivity index (χ0v) is 14.8. The first kappa shape index (κ1) is 17.3. The van der Waals surface area contributed by atoms with Crippen molar-refractivity contribution in [3.8, 4) is 0 Å². The number of nitrogens with one attached hydrogen (secondary N) is 1. The number of hydrogen-bond acceptors (Lipinski definition) is 4. The fourth-order valence-electron chi connectivity index (χ4n) is 1.88. The lowest BCUT2D eigenvalue weighted by Crippen LogP contribution is -2.41. The van der Waals surface area contributed by atoms with Crippen molar-refractivity contribution in [3.05, 3.63) is 20.8 Å². The van der Waals surface area contributed by atoms with Crippen LogP contribution in [0.2, 0.25) is 0 Å². The predicted molar refractivity (Wildman–Crippen MR) is 89.5 cm³/mol. The molecule has 0 bridgehead atoms. The number of amides is 1. The molecule has 3 nitrogen and oxygen atoms in total. The molecule has 0 aromatic carbocycles. The lowest BCUT2D eigenvalue weighted by Gasteiger charge is -2.25. The van der Waals surface area contributed by atoms with Crippen molar-refractivity contribution >= 4 is 57.3 Å². The lowest BCUT2D eigenvalue weighted by molar-refractivity contribution is -0.130. The molecule has 2 heterocycles. The van der Waals surface area contributed by atoms with Crippen molar-refractivity contribution in [2.75, 3.05) is 25.1 Å². The van der Waals surface area contributed by atoms with Crippen LogP contribution in [0.3, 0.4) is 0 Å². The quantitative estimate of drug-likeness (QED) is 0.865. The predicted octanol–water partition coefficient (Wildman–Crippen LogP) is 2.99. The number of thiophene rings is 1. The molecule has 1 aromatic rings. The number of carbonyl (C=O) groups is 1. The number of nitrogens with zero attached hydrogens (tertiary/aromatic N) is 1. The minimum absolute atomic E-state index is 0. The van der Waals surface area contributed by atoms with Gasteiger partial charge < -0.3 is 10.2 Å². The molecule has 19 heavy (non-hydrogen) atoms. The van der Waals surface area contributed by atoms with Crippen LogP contribution in [0, 0.1) is 0 Å². The van der Waals surface area contributed by atoms with Crippen molar-refractivity contribution < 1.29 is 4.79 Å². The van der Waals surface area contributed by atoms with Crippen LogP contribution in [0.15, 0.2) is 15.9 Å². The van der Waals surface area contributed by atoms with Crippen LogP contribution in [-0.4, -0.2) is 41.9 Å². The van der Waals surface area contributed by atoms with Crippen LogP contribution in [0.5, 0.6) is 0 Å². The van der Waals surface area contributed by atoms with Crippen LogP contribution in [0.25, 0.3) is 0 Å². The zero-order valence-electron chi connectivity index (χ0n) is 10.7. The Morgan fingerprint density at radius 2 is 2.42 bits per heavy atom. The van der Waals surface area contributed by atoms with Gasteiger partial charge in [-0.1, -0.05) is 0 Å². The Kier molecular flexibility index (Phi) is 7.76. The highest BCUT2D eigenvalue weighted by Crippen LogP contribution is 2.21. The van der Waals surface area contributed by atoms with E-state index >= 15 is 0 Å². The summed E-state index contributed by atoms with van der Waals surface area (Å²) in [6.45, 7) is 1.72. The summed E-state index contributed by atoms with van der Waals surface area (Å²) in [5, 5.41) is 5.45. The minimum Gasteiger partial charge on any atom is -0.341 e. The number of rotatable bonds is 4. The average molecular weight is 386 g/mol. The van der Waals surface area contributed by atoms with Crippen LogP contribution < -0.4 is 5.32 Å². The van der Waals surface area contributed by atoms with E-state index in [-0.39, 0.29) is 18.3 Å².